The van der Waals surface area contributed by atoms with Crippen molar-refractivity contribution >= 4 is 35.2 Å². The zero-order chi connectivity index (χ0) is 28.9. The maximum Gasteiger partial charge on any atom is 0.328 e. The van der Waals surface area contributed by atoms with Crippen molar-refractivity contribution in [1.82, 2.24) is 15.0 Å². The fraction of sp³-hybridized carbons (Fsp3) is 0.433. The molecule has 0 amide bonds. The Morgan fingerprint density at radius 2 is 1.25 bits per heavy atom. The van der Waals surface area contributed by atoms with Crippen LogP contribution in [0, 0.1) is 0 Å². The minimum atomic E-state index is -1.52. The van der Waals surface area contributed by atoms with Crippen LogP contribution in [0.4, 0.5) is 23.3 Å². The number of esters is 2. The van der Waals surface area contributed by atoms with Crippen molar-refractivity contribution in [3.63, 3.8) is 0 Å². The summed E-state index contributed by atoms with van der Waals surface area (Å²) in [6.45, 7) is 12.5. The van der Waals surface area contributed by atoms with Crippen LogP contribution in [0.1, 0.15) is 53.3 Å². The van der Waals surface area contributed by atoms with Crippen LogP contribution < -0.4 is 9.80 Å². The van der Waals surface area contributed by atoms with Gasteiger partial charge in [-0.1, -0.05) is 36.4 Å². The lowest BCUT2D eigenvalue weighted by atomic mass is 10.1. The number of benzene rings is 2. The second-order valence-electron chi connectivity index (χ2n) is 11.4. The number of para-hydroxylation sites is 2. The molecule has 0 spiro atoms. The van der Waals surface area contributed by atoms with Gasteiger partial charge in [-0.25, -0.2) is 0 Å². The van der Waals surface area contributed by atoms with E-state index in [0.29, 0.717) is 32.3 Å². The third-order valence-electron chi connectivity index (χ3n) is 5.69. The molecule has 0 radical (unpaired) electrons. The van der Waals surface area contributed by atoms with Crippen molar-refractivity contribution < 1.29 is 23.8 Å². The number of aromatic nitrogens is 3. The van der Waals surface area contributed by atoms with Crippen molar-refractivity contribution in [3.05, 3.63) is 66.5 Å². The van der Waals surface area contributed by atoms with E-state index in [0.717, 1.165) is 11.4 Å². The number of carbonyl (C=O) groups excluding carboxylic acids is 2. The Balaban J connectivity index is 1.92. The van der Waals surface area contributed by atoms with Gasteiger partial charge in [-0.05, 0) is 65.8 Å². The van der Waals surface area contributed by atoms with Gasteiger partial charge in [-0.15, -0.1) is 0 Å². The lowest BCUT2D eigenvalue weighted by molar-refractivity contribution is -0.169. The molecule has 4 rings (SSSR count). The third kappa shape index (κ3) is 7.53. The van der Waals surface area contributed by atoms with E-state index in [-0.39, 0.29) is 11.8 Å². The average Bonchev–Trinajstić information content (AvgIpc) is 2.88. The van der Waals surface area contributed by atoms with Crippen LogP contribution in [0.3, 0.4) is 0 Å². The van der Waals surface area contributed by atoms with Crippen molar-refractivity contribution in [1.29, 1.82) is 0 Å². The van der Waals surface area contributed by atoms with Crippen LogP contribution in [0.15, 0.2) is 60.7 Å². The van der Waals surface area contributed by atoms with Gasteiger partial charge in [0, 0.05) is 24.5 Å². The predicted molar refractivity (Wildman–Crippen MR) is 152 cm³/mol. The highest BCUT2D eigenvalue weighted by Gasteiger charge is 2.40. The van der Waals surface area contributed by atoms with Gasteiger partial charge < -0.3 is 19.1 Å². The van der Waals surface area contributed by atoms with E-state index in [1.165, 1.54) is 0 Å². The Hall–Kier alpha value is -4.05. The molecule has 2 aromatic carbocycles. The van der Waals surface area contributed by atoms with E-state index in [4.69, 9.17) is 24.2 Å². The molecule has 0 bridgehead atoms. The van der Waals surface area contributed by atoms with Gasteiger partial charge in [0.1, 0.15) is 11.2 Å². The van der Waals surface area contributed by atoms with Gasteiger partial charge >= 0.3 is 11.9 Å². The standard InChI is InChI=1S/C30H37N5O5/c1-29(2,3)39-25(36)23(26(37)40-30(4,5)6)24-31-27(34-17-19-38-20-18-34)33-28(32-24)35(21-13-9-7-10-14-21)22-15-11-8-12-16-22/h7-16,23H,17-20H2,1-6H3. The largest absolute Gasteiger partial charge is 0.459 e. The van der Waals surface area contributed by atoms with E-state index in [9.17, 15) is 9.59 Å². The SMILES string of the molecule is CC(C)(C)OC(=O)C(C(=O)OC(C)(C)C)c1nc(N2CCOCC2)nc(N(c2ccccc2)c2ccccc2)n1. The first-order valence-electron chi connectivity index (χ1n) is 13.4. The monoisotopic (exact) mass is 547 g/mol. The van der Waals surface area contributed by atoms with Gasteiger partial charge in [0.15, 0.2) is 5.82 Å². The average molecular weight is 548 g/mol. The van der Waals surface area contributed by atoms with E-state index in [1.807, 2.05) is 70.5 Å². The summed E-state index contributed by atoms with van der Waals surface area (Å²) in [6.07, 6.45) is 0. The van der Waals surface area contributed by atoms with Crippen LogP contribution in [0.5, 0.6) is 0 Å². The molecule has 3 aromatic rings. The molecular formula is C30H37N5O5. The molecular weight excluding hydrogens is 510 g/mol. The fourth-order valence-corrected chi connectivity index (χ4v) is 4.07. The van der Waals surface area contributed by atoms with Crippen molar-refractivity contribution in [2.45, 2.75) is 58.7 Å². The zero-order valence-corrected chi connectivity index (χ0v) is 24.0. The van der Waals surface area contributed by atoms with E-state index in [2.05, 4.69) is 4.98 Å². The molecule has 0 atom stereocenters. The van der Waals surface area contributed by atoms with Gasteiger partial charge in [0.05, 0.1) is 13.2 Å². The maximum absolute atomic E-state index is 13.5. The summed E-state index contributed by atoms with van der Waals surface area (Å²) >= 11 is 0. The quantitative estimate of drug-likeness (QED) is 0.298. The van der Waals surface area contributed by atoms with Crippen molar-refractivity contribution in [3.8, 4) is 0 Å². The highest BCUT2D eigenvalue weighted by atomic mass is 16.6. The molecule has 212 valence electrons. The lowest BCUT2D eigenvalue weighted by Gasteiger charge is -2.30. The normalized spacial score (nSPS) is 14.1. The number of anilines is 4. The minimum absolute atomic E-state index is 0.0492. The first-order chi connectivity index (χ1) is 18.9. The summed E-state index contributed by atoms with van der Waals surface area (Å²) in [5.74, 6) is -2.57. The van der Waals surface area contributed by atoms with Crippen molar-refractivity contribution in [2.75, 3.05) is 36.1 Å². The first kappa shape index (κ1) is 28.9. The second kappa shape index (κ2) is 12.0. The topological polar surface area (TPSA) is 107 Å². The maximum atomic E-state index is 13.5. The summed E-state index contributed by atoms with van der Waals surface area (Å²) in [4.78, 5) is 45.1. The van der Waals surface area contributed by atoms with Crippen LogP contribution in [0.2, 0.25) is 0 Å². The number of hydrogen-bond acceptors (Lipinski definition) is 10. The van der Waals surface area contributed by atoms with E-state index in [1.54, 1.807) is 41.5 Å². The first-order valence-corrected chi connectivity index (χ1v) is 13.4. The van der Waals surface area contributed by atoms with Crippen LogP contribution >= 0.6 is 0 Å². The van der Waals surface area contributed by atoms with Gasteiger partial charge in [-0.2, -0.15) is 15.0 Å². The molecule has 1 fully saturated rings. The number of nitrogens with zero attached hydrogens (tertiary/aromatic N) is 5. The summed E-state index contributed by atoms with van der Waals surface area (Å²) in [5.41, 5.74) is -0.101. The number of rotatable bonds is 7. The molecule has 2 heterocycles. The third-order valence-corrected chi connectivity index (χ3v) is 5.69. The summed E-state index contributed by atoms with van der Waals surface area (Å²) < 4.78 is 16.8. The number of carbonyl (C=O) groups is 2. The molecule has 0 aliphatic carbocycles. The Labute approximate surface area is 235 Å². The second-order valence-corrected chi connectivity index (χ2v) is 11.4. The van der Waals surface area contributed by atoms with Gasteiger partial charge in [0.2, 0.25) is 17.8 Å². The Kier molecular flexibility index (Phi) is 8.68. The number of ether oxygens (including phenoxy) is 3. The Bertz CT molecular complexity index is 1230. The molecule has 1 aromatic heterocycles. The Morgan fingerprint density at radius 3 is 1.70 bits per heavy atom. The lowest BCUT2D eigenvalue weighted by Crippen LogP contribution is -2.39. The molecule has 40 heavy (non-hydrogen) atoms. The van der Waals surface area contributed by atoms with Gasteiger partial charge in [-0.3, -0.25) is 14.5 Å². The summed E-state index contributed by atoms with van der Waals surface area (Å²) in [7, 11) is 0. The zero-order valence-electron chi connectivity index (χ0n) is 24.0. The van der Waals surface area contributed by atoms with Crippen LogP contribution in [0.25, 0.3) is 0 Å². The Morgan fingerprint density at radius 1 is 0.775 bits per heavy atom. The molecule has 0 N–H and O–H groups in total. The summed E-state index contributed by atoms with van der Waals surface area (Å²) in [6, 6.07) is 19.3. The minimum Gasteiger partial charge on any atom is -0.459 e. The van der Waals surface area contributed by atoms with Crippen LogP contribution in [-0.4, -0.2) is 64.4 Å². The van der Waals surface area contributed by atoms with Crippen LogP contribution in [-0.2, 0) is 23.8 Å². The predicted octanol–water partition coefficient (Wildman–Crippen LogP) is 4.95. The molecule has 1 aliphatic heterocycles. The fourth-order valence-electron chi connectivity index (χ4n) is 4.07. The molecule has 0 saturated carbocycles. The molecule has 1 aliphatic rings. The van der Waals surface area contributed by atoms with E-state index >= 15 is 0 Å². The highest BCUT2D eigenvalue weighted by Crippen LogP contribution is 2.34. The molecule has 10 heteroatoms. The molecule has 1 saturated heterocycles. The van der Waals surface area contributed by atoms with E-state index < -0.39 is 29.1 Å². The highest BCUT2D eigenvalue weighted by molar-refractivity contribution is 6.00. The summed E-state index contributed by atoms with van der Waals surface area (Å²) in [5, 5.41) is 0. The molecule has 0 unspecified atom stereocenters. The number of morpholine rings is 1. The van der Waals surface area contributed by atoms with Crippen molar-refractivity contribution in [2.24, 2.45) is 0 Å². The number of hydrogen-bond donors (Lipinski definition) is 0. The van der Waals surface area contributed by atoms with Gasteiger partial charge in [0.25, 0.3) is 0 Å². The molecule has 10 nitrogen and oxygen atoms in total. The smallest absolute Gasteiger partial charge is 0.328 e.